The lowest BCUT2D eigenvalue weighted by Gasteiger charge is -2.11. The molecule has 1 heterocycles. The van der Waals surface area contributed by atoms with Gasteiger partial charge in [0.1, 0.15) is 0 Å². The van der Waals surface area contributed by atoms with Crippen molar-refractivity contribution >= 4 is 5.69 Å². The van der Waals surface area contributed by atoms with E-state index in [1.54, 1.807) is 12.3 Å². The van der Waals surface area contributed by atoms with E-state index in [2.05, 4.69) is 10.3 Å². The van der Waals surface area contributed by atoms with Gasteiger partial charge < -0.3 is 5.32 Å². The van der Waals surface area contributed by atoms with Crippen LogP contribution in [0.4, 0.5) is 18.9 Å². The molecule has 1 aromatic carbocycles. The summed E-state index contributed by atoms with van der Waals surface area (Å²) in [5, 5.41) is 11.8. The number of rotatable bonds is 3. The van der Waals surface area contributed by atoms with E-state index in [0.29, 0.717) is 12.2 Å². The van der Waals surface area contributed by atoms with Crippen molar-refractivity contribution in [3.8, 4) is 6.07 Å². The monoisotopic (exact) mass is 291 g/mol. The van der Waals surface area contributed by atoms with Crippen molar-refractivity contribution in [3.63, 3.8) is 0 Å². The highest BCUT2D eigenvalue weighted by atomic mass is 19.4. The molecular weight excluding hydrogens is 279 g/mol. The molecule has 0 fully saturated rings. The minimum atomic E-state index is -4.52. The summed E-state index contributed by atoms with van der Waals surface area (Å²) < 4.78 is 38.0. The zero-order valence-electron chi connectivity index (χ0n) is 11.2. The molecule has 0 saturated carbocycles. The van der Waals surface area contributed by atoms with Gasteiger partial charge in [-0.2, -0.15) is 18.4 Å². The first-order valence-electron chi connectivity index (χ1n) is 6.17. The van der Waals surface area contributed by atoms with Crippen molar-refractivity contribution in [2.75, 3.05) is 5.32 Å². The van der Waals surface area contributed by atoms with Crippen LogP contribution < -0.4 is 5.32 Å². The van der Waals surface area contributed by atoms with Crippen LogP contribution in [0.15, 0.2) is 36.5 Å². The van der Waals surface area contributed by atoms with Gasteiger partial charge in [0.25, 0.3) is 0 Å². The second kappa shape index (κ2) is 5.83. The van der Waals surface area contributed by atoms with Gasteiger partial charge in [0, 0.05) is 24.1 Å². The summed E-state index contributed by atoms with van der Waals surface area (Å²) in [7, 11) is 0. The highest BCUT2D eigenvalue weighted by Gasteiger charge is 2.33. The van der Waals surface area contributed by atoms with Crippen LogP contribution in [0.5, 0.6) is 0 Å². The fraction of sp³-hybridized carbons (Fsp3) is 0.200. The van der Waals surface area contributed by atoms with Gasteiger partial charge in [-0.25, -0.2) is 0 Å². The first-order chi connectivity index (χ1) is 9.90. The Hall–Kier alpha value is -2.55. The number of alkyl halides is 3. The van der Waals surface area contributed by atoms with Crippen molar-refractivity contribution in [3.05, 3.63) is 58.9 Å². The minimum absolute atomic E-state index is 0.394. The fourth-order valence-corrected chi connectivity index (χ4v) is 1.80. The highest BCUT2D eigenvalue weighted by Crippen LogP contribution is 2.33. The molecule has 0 aliphatic carbocycles. The average Bonchev–Trinajstić information content (AvgIpc) is 2.45. The zero-order chi connectivity index (χ0) is 15.5. The molecule has 1 aromatic heterocycles. The third-order valence-electron chi connectivity index (χ3n) is 2.91. The number of nitriles is 1. The van der Waals surface area contributed by atoms with Gasteiger partial charge in [0.2, 0.25) is 0 Å². The number of anilines is 1. The van der Waals surface area contributed by atoms with Crippen molar-refractivity contribution in [2.45, 2.75) is 19.6 Å². The fourth-order valence-electron chi connectivity index (χ4n) is 1.80. The number of halogens is 3. The number of pyridine rings is 1. The zero-order valence-corrected chi connectivity index (χ0v) is 11.2. The van der Waals surface area contributed by atoms with E-state index in [0.717, 1.165) is 17.3 Å². The summed E-state index contributed by atoms with van der Waals surface area (Å²) in [4.78, 5) is 4.13. The Morgan fingerprint density at radius 1 is 1.24 bits per heavy atom. The Kier molecular flexibility index (Phi) is 4.13. The molecule has 0 saturated heterocycles. The molecule has 0 spiro atoms. The van der Waals surface area contributed by atoms with Crippen LogP contribution in [-0.2, 0) is 12.7 Å². The third kappa shape index (κ3) is 3.72. The minimum Gasteiger partial charge on any atom is -0.381 e. The van der Waals surface area contributed by atoms with Crippen LogP contribution in [0, 0.1) is 18.3 Å². The molecule has 0 unspecified atom stereocenters. The number of aromatic nitrogens is 1. The van der Waals surface area contributed by atoms with Crippen molar-refractivity contribution in [2.24, 2.45) is 0 Å². The lowest BCUT2D eigenvalue weighted by atomic mass is 10.1. The SMILES string of the molecule is Cc1ccc(CNc2ccc(C(F)(F)F)c(C#N)c2)cn1. The van der Waals surface area contributed by atoms with Crippen LogP contribution in [0.3, 0.4) is 0 Å². The lowest BCUT2D eigenvalue weighted by molar-refractivity contribution is -0.137. The van der Waals surface area contributed by atoms with Crippen LogP contribution in [-0.4, -0.2) is 4.98 Å². The van der Waals surface area contributed by atoms with E-state index >= 15 is 0 Å². The van der Waals surface area contributed by atoms with Gasteiger partial charge in [-0.05, 0) is 36.8 Å². The number of hydrogen-bond donors (Lipinski definition) is 1. The quantitative estimate of drug-likeness (QED) is 0.933. The van der Waals surface area contributed by atoms with Gasteiger partial charge in [-0.1, -0.05) is 6.07 Å². The summed E-state index contributed by atoms with van der Waals surface area (Å²) >= 11 is 0. The lowest BCUT2D eigenvalue weighted by Crippen LogP contribution is -2.08. The largest absolute Gasteiger partial charge is 0.417 e. The molecule has 0 bridgehead atoms. The van der Waals surface area contributed by atoms with Gasteiger partial charge in [0.05, 0.1) is 17.2 Å². The van der Waals surface area contributed by atoms with Crippen LogP contribution in [0.1, 0.15) is 22.4 Å². The number of nitrogens with one attached hydrogen (secondary N) is 1. The molecule has 0 aliphatic rings. The molecule has 0 amide bonds. The van der Waals surface area contributed by atoms with Crippen molar-refractivity contribution < 1.29 is 13.2 Å². The van der Waals surface area contributed by atoms with E-state index in [1.807, 2.05) is 19.1 Å². The van der Waals surface area contributed by atoms with Crippen LogP contribution in [0.2, 0.25) is 0 Å². The Labute approximate surface area is 120 Å². The van der Waals surface area contributed by atoms with E-state index in [-0.39, 0.29) is 0 Å². The van der Waals surface area contributed by atoms with Gasteiger partial charge >= 0.3 is 6.18 Å². The standard InChI is InChI=1S/C15H12F3N3/c1-10-2-3-11(8-20-10)9-21-13-4-5-14(15(16,17)18)12(6-13)7-19/h2-6,8,21H,9H2,1H3. The second-order valence-electron chi connectivity index (χ2n) is 4.53. The normalized spacial score (nSPS) is 11.0. The van der Waals surface area contributed by atoms with Crippen LogP contribution in [0.25, 0.3) is 0 Å². The molecule has 6 heteroatoms. The molecule has 108 valence electrons. The van der Waals surface area contributed by atoms with E-state index < -0.39 is 17.3 Å². The topological polar surface area (TPSA) is 48.7 Å². The maximum Gasteiger partial charge on any atom is 0.417 e. The highest BCUT2D eigenvalue weighted by molar-refractivity contribution is 5.53. The summed E-state index contributed by atoms with van der Waals surface area (Å²) in [6, 6.07) is 8.73. The number of hydrogen-bond acceptors (Lipinski definition) is 3. The molecule has 0 aliphatic heterocycles. The Morgan fingerprint density at radius 2 is 2.00 bits per heavy atom. The molecule has 3 nitrogen and oxygen atoms in total. The second-order valence-corrected chi connectivity index (χ2v) is 4.53. The summed E-state index contributed by atoms with van der Waals surface area (Å²) in [6.45, 7) is 2.29. The van der Waals surface area contributed by atoms with Gasteiger partial charge in [-0.15, -0.1) is 0 Å². The Morgan fingerprint density at radius 3 is 2.57 bits per heavy atom. The summed E-state index contributed by atoms with van der Waals surface area (Å²) in [5.41, 5.74) is 0.932. The first-order valence-corrected chi connectivity index (χ1v) is 6.17. The van der Waals surface area contributed by atoms with Crippen molar-refractivity contribution in [1.82, 2.24) is 4.98 Å². The Balaban J connectivity index is 2.15. The van der Waals surface area contributed by atoms with Gasteiger partial charge in [0.15, 0.2) is 0 Å². The Bertz CT molecular complexity index is 670. The van der Waals surface area contributed by atoms with Crippen molar-refractivity contribution in [1.29, 1.82) is 5.26 Å². The van der Waals surface area contributed by atoms with E-state index in [9.17, 15) is 13.2 Å². The smallest absolute Gasteiger partial charge is 0.381 e. The molecule has 21 heavy (non-hydrogen) atoms. The molecular formula is C15H12F3N3. The van der Waals surface area contributed by atoms with Crippen LogP contribution >= 0.6 is 0 Å². The van der Waals surface area contributed by atoms with Gasteiger partial charge in [-0.3, -0.25) is 4.98 Å². The van der Waals surface area contributed by atoms with E-state index in [4.69, 9.17) is 5.26 Å². The van der Waals surface area contributed by atoms with E-state index in [1.165, 1.54) is 12.1 Å². The number of nitrogens with zero attached hydrogens (tertiary/aromatic N) is 2. The number of benzene rings is 1. The molecule has 0 radical (unpaired) electrons. The summed E-state index contributed by atoms with van der Waals surface area (Å²) in [5.74, 6) is 0. The maximum atomic E-state index is 12.7. The predicted molar refractivity (Wildman–Crippen MR) is 72.5 cm³/mol. The molecule has 1 N–H and O–H groups in total. The molecule has 2 aromatic rings. The predicted octanol–water partition coefficient (Wildman–Crippen LogP) is 3.89. The molecule has 0 atom stereocenters. The molecule has 2 rings (SSSR count). The maximum absolute atomic E-state index is 12.7. The summed E-state index contributed by atoms with van der Waals surface area (Å²) in [6.07, 6.45) is -2.83. The number of aryl methyl sites for hydroxylation is 1. The third-order valence-corrected chi connectivity index (χ3v) is 2.91. The first kappa shape index (κ1) is 14.9. The average molecular weight is 291 g/mol.